The van der Waals surface area contributed by atoms with E-state index in [-0.39, 0.29) is 6.03 Å². The van der Waals surface area contributed by atoms with E-state index in [4.69, 9.17) is 0 Å². The average molecular weight is 209 g/mol. The first kappa shape index (κ1) is 10.1. The smallest absolute Gasteiger partial charge is 0.328 e. The van der Waals surface area contributed by atoms with Gasteiger partial charge in [0.25, 0.3) is 0 Å². The summed E-state index contributed by atoms with van der Waals surface area (Å²) in [7, 11) is 3.38. The topological polar surface area (TPSA) is 63.1 Å². The Balaban J connectivity index is 2.25. The number of aryl methyl sites for hydroxylation is 1. The molecule has 1 aromatic rings. The lowest BCUT2D eigenvalue weighted by Gasteiger charge is -2.07. The second kappa shape index (κ2) is 3.98. The number of carbonyl (C=O) groups excluding carboxylic acids is 1. The lowest BCUT2D eigenvalue weighted by molar-refractivity contribution is 0.211. The molecule has 0 aliphatic carbocycles. The maximum absolute atomic E-state index is 11.6. The Morgan fingerprint density at radius 2 is 2.13 bits per heavy atom. The van der Waals surface area contributed by atoms with Crippen molar-refractivity contribution in [2.75, 3.05) is 20.6 Å². The van der Waals surface area contributed by atoms with Gasteiger partial charge < -0.3 is 10.2 Å². The third-order valence-electron chi connectivity index (χ3n) is 2.38. The molecule has 6 heteroatoms. The molecule has 6 nitrogen and oxygen atoms in total. The van der Waals surface area contributed by atoms with E-state index in [1.807, 2.05) is 0 Å². The zero-order valence-electron chi connectivity index (χ0n) is 9.03. The van der Waals surface area contributed by atoms with Crippen molar-refractivity contribution < 1.29 is 4.79 Å². The fourth-order valence-corrected chi connectivity index (χ4v) is 1.55. The molecule has 0 unspecified atom stereocenters. The minimum absolute atomic E-state index is 0.205. The third-order valence-corrected chi connectivity index (χ3v) is 2.38. The molecule has 1 N–H and O–H groups in total. The number of hydrogen-bond donors (Lipinski definition) is 1. The van der Waals surface area contributed by atoms with Gasteiger partial charge in [0, 0.05) is 20.6 Å². The van der Waals surface area contributed by atoms with Crippen molar-refractivity contribution in [3.05, 3.63) is 11.4 Å². The van der Waals surface area contributed by atoms with Crippen LogP contribution in [-0.4, -0.2) is 46.6 Å². The van der Waals surface area contributed by atoms with Crippen molar-refractivity contribution >= 4 is 6.03 Å². The van der Waals surface area contributed by atoms with Gasteiger partial charge in [0.2, 0.25) is 0 Å². The highest BCUT2D eigenvalue weighted by atomic mass is 16.2. The SMILES string of the molecule is CN(C)C(=O)n1nc2c(n1)CNCCC2. The van der Waals surface area contributed by atoms with E-state index in [1.165, 1.54) is 9.70 Å². The number of hydrogen-bond acceptors (Lipinski definition) is 4. The molecular weight excluding hydrogens is 194 g/mol. The molecule has 2 rings (SSSR count). The van der Waals surface area contributed by atoms with Crippen LogP contribution in [0.25, 0.3) is 0 Å². The second-order valence-corrected chi connectivity index (χ2v) is 3.84. The summed E-state index contributed by atoms with van der Waals surface area (Å²) in [4.78, 5) is 14.2. The van der Waals surface area contributed by atoms with Crippen molar-refractivity contribution in [3.8, 4) is 0 Å². The van der Waals surface area contributed by atoms with Crippen molar-refractivity contribution in [2.24, 2.45) is 0 Å². The van der Waals surface area contributed by atoms with Gasteiger partial charge in [-0.3, -0.25) is 0 Å². The molecule has 1 aromatic heterocycles. The molecule has 2 heterocycles. The highest BCUT2D eigenvalue weighted by Crippen LogP contribution is 2.09. The molecule has 0 saturated heterocycles. The van der Waals surface area contributed by atoms with E-state index < -0.39 is 0 Å². The van der Waals surface area contributed by atoms with Crippen molar-refractivity contribution in [1.82, 2.24) is 25.2 Å². The van der Waals surface area contributed by atoms with Crippen LogP contribution in [0, 0.1) is 0 Å². The van der Waals surface area contributed by atoms with E-state index in [1.54, 1.807) is 14.1 Å². The summed E-state index contributed by atoms with van der Waals surface area (Å²) in [5, 5.41) is 11.6. The van der Waals surface area contributed by atoms with Gasteiger partial charge >= 0.3 is 6.03 Å². The molecule has 0 bridgehead atoms. The Hall–Kier alpha value is -1.43. The van der Waals surface area contributed by atoms with Crippen LogP contribution >= 0.6 is 0 Å². The van der Waals surface area contributed by atoms with E-state index >= 15 is 0 Å². The fraction of sp³-hybridized carbons (Fsp3) is 0.667. The lowest BCUT2D eigenvalue weighted by Crippen LogP contribution is -2.29. The molecule has 0 radical (unpaired) electrons. The van der Waals surface area contributed by atoms with Gasteiger partial charge in [-0.2, -0.15) is 0 Å². The number of aromatic nitrogens is 3. The highest BCUT2D eigenvalue weighted by Gasteiger charge is 2.17. The molecule has 0 spiro atoms. The van der Waals surface area contributed by atoms with Crippen LogP contribution in [0.5, 0.6) is 0 Å². The van der Waals surface area contributed by atoms with Gasteiger partial charge in [0.1, 0.15) is 5.69 Å². The summed E-state index contributed by atoms with van der Waals surface area (Å²) in [5.41, 5.74) is 1.83. The average Bonchev–Trinajstić information content (AvgIpc) is 2.49. The first-order valence-corrected chi connectivity index (χ1v) is 5.06. The van der Waals surface area contributed by atoms with Gasteiger partial charge in [0.05, 0.1) is 5.69 Å². The number of nitrogens with zero attached hydrogens (tertiary/aromatic N) is 4. The lowest BCUT2D eigenvalue weighted by atomic mass is 10.2. The first-order chi connectivity index (χ1) is 7.18. The minimum atomic E-state index is -0.205. The number of fused-ring (bicyclic) bond motifs is 1. The van der Waals surface area contributed by atoms with Crippen molar-refractivity contribution in [1.29, 1.82) is 0 Å². The second-order valence-electron chi connectivity index (χ2n) is 3.84. The van der Waals surface area contributed by atoms with E-state index in [0.717, 1.165) is 30.8 Å². The maximum Gasteiger partial charge on any atom is 0.361 e. The van der Waals surface area contributed by atoms with Crippen LogP contribution in [0.15, 0.2) is 0 Å². The normalized spacial score (nSPS) is 15.6. The van der Waals surface area contributed by atoms with Crippen LogP contribution in [0.3, 0.4) is 0 Å². The Morgan fingerprint density at radius 3 is 2.87 bits per heavy atom. The zero-order chi connectivity index (χ0) is 10.8. The van der Waals surface area contributed by atoms with Gasteiger partial charge in [-0.05, 0) is 19.4 Å². The Labute approximate surface area is 88.2 Å². The van der Waals surface area contributed by atoms with Gasteiger partial charge in [0.15, 0.2) is 0 Å². The summed E-state index contributed by atoms with van der Waals surface area (Å²) in [6.45, 7) is 1.69. The summed E-state index contributed by atoms with van der Waals surface area (Å²) >= 11 is 0. The monoisotopic (exact) mass is 209 g/mol. The summed E-state index contributed by atoms with van der Waals surface area (Å²) in [6.07, 6.45) is 1.94. The molecule has 15 heavy (non-hydrogen) atoms. The maximum atomic E-state index is 11.6. The fourth-order valence-electron chi connectivity index (χ4n) is 1.55. The summed E-state index contributed by atoms with van der Waals surface area (Å²) in [6, 6.07) is -0.205. The molecule has 0 saturated carbocycles. The minimum Gasteiger partial charge on any atom is -0.328 e. The van der Waals surface area contributed by atoms with Crippen molar-refractivity contribution in [3.63, 3.8) is 0 Å². The van der Waals surface area contributed by atoms with Crippen LogP contribution in [0.2, 0.25) is 0 Å². The molecule has 82 valence electrons. The number of carbonyl (C=O) groups is 1. The van der Waals surface area contributed by atoms with Crippen LogP contribution < -0.4 is 5.32 Å². The Morgan fingerprint density at radius 1 is 1.40 bits per heavy atom. The molecule has 1 aliphatic rings. The molecule has 1 amide bonds. The predicted molar refractivity (Wildman–Crippen MR) is 54.5 cm³/mol. The van der Waals surface area contributed by atoms with Crippen molar-refractivity contribution in [2.45, 2.75) is 19.4 Å². The standard InChI is InChI=1S/C9H15N5O/c1-13(2)9(15)14-11-7-4-3-5-10-6-8(7)12-14/h10H,3-6H2,1-2H3. The molecule has 0 atom stereocenters. The highest BCUT2D eigenvalue weighted by molar-refractivity contribution is 5.74. The van der Waals surface area contributed by atoms with Crippen LogP contribution in [0.4, 0.5) is 4.79 Å². The quantitative estimate of drug-likeness (QED) is 0.645. The number of nitrogens with one attached hydrogen (secondary N) is 1. The zero-order valence-corrected chi connectivity index (χ0v) is 9.03. The summed E-state index contributed by atoms with van der Waals surface area (Å²) < 4.78 is 0. The largest absolute Gasteiger partial charge is 0.361 e. The first-order valence-electron chi connectivity index (χ1n) is 5.06. The van der Waals surface area contributed by atoms with Gasteiger partial charge in [-0.1, -0.05) is 4.80 Å². The molecule has 0 fully saturated rings. The van der Waals surface area contributed by atoms with E-state index in [2.05, 4.69) is 15.5 Å². The Bertz CT molecular complexity index is 347. The number of amides is 1. The third kappa shape index (κ3) is 1.99. The predicted octanol–water partition coefficient (Wildman–Crippen LogP) is -0.156. The molecule has 0 aromatic carbocycles. The summed E-state index contributed by atoms with van der Waals surface area (Å²) in [5.74, 6) is 0. The van der Waals surface area contributed by atoms with Gasteiger partial charge in [-0.25, -0.2) is 4.79 Å². The van der Waals surface area contributed by atoms with Crippen LogP contribution in [-0.2, 0) is 13.0 Å². The molecular formula is C9H15N5O. The van der Waals surface area contributed by atoms with E-state index in [9.17, 15) is 4.79 Å². The van der Waals surface area contributed by atoms with Gasteiger partial charge in [-0.15, -0.1) is 10.2 Å². The van der Waals surface area contributed by atoms with E-state index in [0.29, 0.717) is 6.54 Å². The number of rotatable bonds is 0. The Kier molecular flexibility index (Phi) is 2.68. The molecule has 1 aliphatic heterocycles. The van der Waals surface area contributed by atoms with Crippen LogP contribution in [0.1, 0.15) is 17.8 Å².